The smallest absolute Gasteiger partial charge is 0.410 e. The van der Waals surface area contributed by atoms with Crippen molar-refractivity contribution in [2.24, 2.45) is 0 Å². The second kappa shape index (κ2) is 7.48. The summed E-state index contributed by atoms with van der Waals surface area (Å²) in [5.41, 5.74) is 3.71. The van der Waals surface area contributed by atoms with Gasteiger partial charge in [-0.3, -0.25) is 0 Å². The Morgan fingerprint density at radius 2 is 2.10 bits per heavy atom. The summed E-state index contributed by atoms with van der Waals surface area (Å²) in [6, 6.07) is 9.48. The SMILES string of the molecule is CC(C)(C)OC(=O)N1CC[C@H](Sc2cc(-c3ccc[nH]3)c3c4c(ccc(F)c24)NC3)C1. The van der Waals surface area contributed by atoms with Crippen LogP contribution in [0.3, 0.4) is 0 Å². The van der Waals surface area contributed by atoms with E-state index in [1.165, 1.54) is 0 Å². The van der Waals surface area contributed by atoms with E-state index in [1.54, 1.807) is 22.7 Å². The number of nitrogens with one attached hydrogen (secondary N) is 2. The Kier molecular flexibility index (Phi) is 4.88. The van der Waals surface area contributed by atoms with Gasteiger partial charge in [-0.25, -0.2) is 9.18 Å². The zero-order valence-corrected chi connectivity index (χ0v) is 18.7. The number of H-pyrrole nitrogens is 1. The lowest BCUT2D eigenvalue weighted by atomic mass is 9.98. The molecule has 31 heavy (non-hydrogen) atoms. The lowest BCUT2D eigenvalue weighted by molar-refractivity contribution is 0.0295. The highest BCUT2D eigenvalue weighted by molar-refractivity contribution is 8.00. The van der Waals surface area contributed by atoms with Gasteiger partial charge in [0.15, 0.2) is 0 Å². The molecule has 3 aromatic rings. The van der Waals surface area contributed by atoms with Gasteiger partial charge in [-0.15, -0.1) is 11.8 Å². The average molecular weight is 440 g/mol. The first kappa shape index (κ1) is 20.2. The first-order valence-electron chi connectivity index (χ1n) is 10.6. The van der Waals surface area contributed by atoms with Crippen LogP contribution in [-0.4, -0.2) is 39.9 Å². The number of likely N-dealkylation sites (tertiary alicyclic amines) is 1. The molecule has 5 nitrogen and oxygen atoms in total. The summed E-state index contributed by atoms with van der Waals surface area (Å²) >= 11 is 1.66. The third-order valence-corrected chi connectivity index (χ3v) is 7.03. The van der Waals surface area contributed by atoms with Gasteiger partial charge in [0.2, 0.25) is 0 Å². The summed E-state index contributed by atoms with van der Waals surface area (Å²) in [7, 11) is 0. The van der Waals surface area contributed by atoms with Gasteiger partial charge in [-0.1, -0.05) is 0 Å². The number of thioether (sulfide) groups is 1. The van der Waals surface area contributed by atoms with Gasteiger partial charge in [0.25, 0.3) is 0 Å². The van der Waals surface area contributed by atoms with Crippen LogP contribution in [0.25, 0.3) is 22.0 Å². The van der Waals surface area contributed by atoms with Gasteiger partial charge in [-0.05, 0) is 63.1 Å². The molecule has 0 unspecified atom stereocenters. The predicted octanol–water partition coefficient (Wildman–Crippen LogP) is 6.00. The van der Waals surface area contributed by atoms with Crippen molar-refractivity contribution in [3.8, 4) is 11.3 Å². The highest BCUT2D eigenvalue weighted by Crippen LogP contribution is 2.46. The quantitative estimate of drug-likeness (QED) is 0.525. The largest absolute Gasteiger partial charge is 0.444 e. The van der Waals surface area contributed by atoms with Crippen LogP contribution < -0.4 is 5.32 Å². The van der Waals surface area contributed by atoms with Gasteiger partial charge < -0.3 is 19.9 Å². The van der Waals surface area contributed by atoms with Gasteiger partial charge in [0.1, 0.15) is 11.4 Å². The number of hydrogen-bond donors (Lipinski definition) is 2. The molecule has 5 rings (SSSR count). The summed E-state index contributed by atoms with van der Waals surface area (Å²) in [6.45, 7) is 7.56. The topological polar surface area (TPSA) is 57.4 Å². The molecule has 0 bridgehead atoms. The monoisotopic (exact) mass is 439 g/mol. The van der Waals surface area contributed by atoms with Crippen LogP contribution in [0, 0.1) is 5.82 Å². The highest BCUT2D eigenvalue weighted by atomic mass is 32.2. The highest BCUT2D eigenvalue weighted by Gasteiger charge is 2.32. The van der Waals surface area contributed by atoms with E-state index in [0.717, 1.165) is 39.2 Å². The van der Waals surface area contributed by atoms with Crippen molar-refractivity contribution >= 4 is 34.3 Å². The van der Waals surface area contributed by atoms with Crippen molar-refractivity contribution in [1.29, 1.82) is 0 Å². The zero-order chi connectivity index (χ0) is 21.8. The Morgan fingerprint density at radius 3 is 2.84 bits per heavy atom. The number of aromatic amines is 1. The fraction of sp³-hybridized carbons (Fsp3) is 0.375. The number of carbonyl (C=O) groups is 1. The maximum absolute atomic E-state index is 15.0. The van der Waals surface area contributed by atoms with E-state index in [0.29, 0.717) is 25.0 Å². The number of nitrogens with zero attached hydrogens (tertiary/aromatic N) is 1. The number of halogens is 1. The molecule has 1 saturated heterocycles. The van der Waals surface area contributed by atoms with Gasteiger partial charge in [0, 0.05) is 63.7 Å². The van der Waals surface area contributed by atoms with Crippen molar-refractivity contribution in [2.75, 3.05) is 18.4 Å². The molecule has 7 heteroatoms. The van der Waals surface area contributed by atoms with E-state index in [-0.39, 0.29) is 17.2 Å². The van der Waals surface area contributed by atoms with Crippen LogP contribution in [0.4, 0.5) is 14.9 Å². The summed E-state index contributed by atoms with van der Waals surface area (Å²) < 4.78 is 20.6. The Bertz CT molecular complexity index is 1150. The normalized spacial score (nSPS) is 17.9. The molecule has 2 aromatic carbocycles. The number of amides is 1. The third kappa shape index (κ3) is 3.76. The van der Waals surface area contributed by atoms with E-state index in [4.69, 9.17) is 4.74 Å². The molecule has 0 saturated carbocycles. The van der Waals surface area contributed by atoms with E-state index >= 15 is 4.39 Å². The maximum Gasteiger partial charge on any atom is 0.410 e. The van der Waals surface area contributed by atoms with Crippen LogP contribution in [-0.2, 0) is 11.3 Å². The van der Waals surface area contributed by atoms with Crippen molar-refractivity contribution < 1.29 is 13.9 Å². The number of rotatable bonds is 3. The molecule has 2 aliphatic rings. The zero-order valence-electron chi connectivity index (χ0n) is 17.9. The van der Waals surface area contributed by atoms with Crippen LogP contribution in [0.5, 0.6) is 0 Å². The minimum Gasteiger partial charge on any atom is -0.444 e. The number of ether oxygens (including phenoxy) is 1. The number of aromatic nitrogens is 1. The standard InChI is InChI=1S/C24H26FN3O2S/c1-24(2,3)30-23(29)28-10-8-14(13-28)31-20-11-15(18-5-4-9-26-18)16-12-27-19-7-6-17(25)22(20)21(16)19/h4-7,9,11,14,26-27H,8,10,12-13H2,1-3H3/t14-/m0/s1. The van der Waals surface area contributed by atoms with Crippen LogP contribution in [0.15, 0.2) is 41.4 Å². The van der Waals surface area contributed by atoms with Crippen molar-refractivity contribution in [2.45, 2.75) is 49.5 Å². The fourth-order valence-corrected chi connectivity index (χ4v) is 5.74. The minimum absolute atomic E-state index is 0.190. The Labute approximate surface area is 185 Å². The van der Waals surface area contributed by atoms with Crippen molar-refractivity contribution in [3.63, 3.8) is 0 Å². The minimum atomic E-state index is -0.513. The Balaban J connectivity index is 1.49. The van der Waals surface area contributed by atoms with E-state index in [1.807, 2.05) is 45.2 Å². The van der Waals surface area contributed by atoms with E-state index in [9.17, 15) is 4.79 Å². The molecule has 162 valence electrons. The number of anilines is 1. The lowest BCUT2D eigenvalue weighted by Crippen LogP contribution is -2.35. The second-order valence-corrected chi connectivity index (χ2v) is 10.5. The molecule has 2 N–H and O–H groups in total. The summed E-state index contributed by atoms with van der Waals surface area (Å²) in [5.74, 6) is -0.203. The molecule has 0 spiro atoms. The molecular formula is C24H26FN3O2S. The summed E-state index contributed by atoms with van der Waals surface area (Å²) in [4.78, 5) is 18.4. The molecule has 0 radical (unpaired) electrons. The fourth-order valence-electron chi connectivity index (χ4n) is 4.40. The second-order valence-electron chi connectivity index (χ2n) is 9.14. The number of carbonyl (C=O) groups excluding carboxylic acids is 1. The Hall–Kier alpha value is -2.67. The first-order chi connectivity index (χ1) is 14.8. The van der Waals surface area contributed by atoms with Crippen molar-refractivity contribution in [3.05, 3.63) is 47.9 Å². The number of hydrogen-bond acceptors (Lipinski definition) is 4. The average Bonchev–Trinajstić information content (AvgIpc) is 3.45. The first-order valence-corrected chi connectivity index (χ1v) is 11.5. The van der Waals surface area contributed by atoms with Crippen LogP contribution >= 0.6 is 11.8 Å². The molecule has 1 atom stereocenters. The molecule has 0 aliphatic carbocycles. The van der Waals surface area contributed by atoms with Crippen molar-refractivity contribution in [1.82, 2.24) is 9.88 Å². The molecule has 1 amide bonds. The van der Waals surface area contributed by atoms with E-state index < -0.39 is 5.60 Å². The van der Waals surface area contributed by atoms with Crippen LogP contribution in [0.1, 0.15) is 32.8 Å². The third-order valence-electron chi connectivity index (χ3n) is 5.74. The van der Waals surface area contributed by atoms with Crippen LogP contribution in [0.2, 0.25) is 0 Å². The Morgan fingerprint density at radius 1 is 1.26 bits per heavy atom. The number of benzene rings is 2. The maximum atomic E-state index is 15.0. The van der Waals surface area contributed by atoms with Gasteiger partial charge in [-0.2, -0.15) is 0 Å². The van der Waals surface area contributed by atoms with E-state index in [2.05, 4.69) is 16.4 Å². The summed E-state index contributed by atoms with van der Waals surface area (Å²) in [6.07, 6.45) is 2.48. The predicted molar refractivity (Wildman–Crippen MR) is 123 cm³/mol. The lowest BCUT2D eigenvalue weighted by Gasteiger charge is -2.24. The molecule has 3 heterocycles. The van der Waals surface area contributed by atoms with Gasteiger partial charge in [0.05, 0.1) is 0 Å². The van der Waals surface area contributed by atoms with Gasteiger partial charge >= 0.3 is 6.09 Å². The molecule has 1 aromatic heterocycles. The molecule has 2 aliphatic heterocycles. The molecule has 1 fully saturated rings. The summed E-state index contributed by atoms with van der Waals surface area (Å²) in [5, 5.41) is 5.24. The molecular weight excluding hydrogens is 413 g/mol.